The molecular weight excluding hydrogens is 187 g/mol. The highest BCUT2D eigenvalue weighted by Crippen LogP contribution is 2.26. The summed E-state index contributed by atoms with van der Waals surface area (Å²) in [6.45, 7) is 0. The van der Waals surface area contributed by atoms with Gasteiger partial charge in [-0.2, -0.15) is 13.2 Å². The highest BCUT2D eigenvalue weighted by atomic mass is 19.4. The Morgan fingerprint density at radius 1 is 1.62 bits per heavy atom. The lowest BCUT2D eigenvalue weighted by atomic mass is 10.1. The van der Waals surface area contributed by atoms with E-state index >= 15 is 0 Å². The van der Waals surface area contributed by atoms with Crippen molar-refractivity contribution in [2.75, 3.05) is 0 Å². The number of alkyl halides is 3. The standard InChI is InChI=1S/C7H8F3NO2/c8-7(9,10)5-3-1-2-4(11-5)6(12)13/h2,5,11H,1,3H2,(H,12,13). The molecule has 0 fully saturated rings. The monoisotopic (exact) mass is 195 g/mol. The predicted octanol–water partition coefficient (Wildman–Crippen LogP) is 1.27. The summed E-state index contributed by atoms with van der Waals surface area (Å²) < 4.78 is 36.3. The number of allylic oxidation sites excluding steroid dienone is 1. The van der Waals surface area contributed by atoms with E-state index in [1.807, 2.05) is 5.32 Å². The van der Waals surface area contributed by atoms with Gasteiger partial charge in [-0.3, -0.25) is 0 Å². The molecule has 0 aromatic carbocycles. The maximum Gasteiger partial charge on any atom is 0.408 e. The van der Waals surface area contributed by atoms with Crippen LogP contribution in [0.4, 0.5) is 13.2 Å². The average Bonchev–Trinajstić information content (AvgIpc) is 2.03. The zero-order valence-electron chi connectivity index (χ0n) is 6.56. The van der Waals surface area contributed by atoms with Crippen molar-refractivity contribution in [1.82, 2.24) is 5.32 Å². The zero-order valence-corrected chi connectivity index (χ0v) is 6.56. The summed E-state index contributed by atoms with van der Waals surface area (Å²) in [5, 5.41) is 10.4. The van der Waals surface area contributed by atoms with Crippen molar-refractivity contribution in [3.05, 3.63) is 11.8 Å². The van der Waals surface area contributed by atoms with Crippen LogP contribution in [0.5, 0.6) is 0 Å². The second-order valence-corrected chi connectivity index (χ2v) is 2.74. The molecule has 0 saturated heterocycles. The van der Waals surface area contributed by atoms with Gasteiger partial charge in [-0.15, -0.1) is 0 Å². The van der Waals surface area contributed by atoms with Crippen LogP contribution in [0.2, 0.25) is 0 Å². The number of hydrogen-bond acceptors (Lipinski definition) is 2. The smallest absolute Gasteiger partial charge is 0.408 e. The molecule has 1 rings (SSSR count). The molecule has 13 heavy (non-hydrogen) atoms. The van der Waals surface area contributed by atoms with Crippen molar-refractivity contribution >= 4 is 5.97 Å². The largest absolute Gasteiger partial charge is 0.477 e. The molecule has 0 amide bonds. The molecule has 1 unspecified atom stereocenters. The third-order valence-electron chi connectivity index (χ3n) is 1.76. The van der Waals surface area contributed by atoms with E-state index in [4.69, 9.17) is 5.11 Å². The van der Waals surface area contributed by atoms with Gasteiger partial charge < -0.3 is 10.4 Å². The van der Waals surface area contributed by atoms with Crippen molar-refractivity contribution in [3.8, 4) is 0 Å². The summed E-state index contributed by atoms with van der Waals surface area (Å²) >= 11 is 0. The van der Waals surface area contributed by atoms with Crippen LogP contribution >= 0.6 is 0 Å². The number of carbonyl (C=O) groups is 1. The van der Waals surface area contributed by atoms with Gasteiger partial charge in [0.25, 0.3) is 0 Å². The predicted molar refractivity (Wildman–Crippen MR) is 37.9 cm³/mol. The van der Waals surface area contributed by atoms with Gasteiger partial charge in [-0.05, 0) is 12.8 Å². The molecule has 0 aromatic heterocycles. The van der Waals surface area contributed by atoms with Crippen LogP contribution in [-0.4, -0.2) is 23.3 Å². The Hall–Kier alpha value is -1.20. The molecule has 0 radical (unpaired) electrons. The third kappa shape index (κ3) is 2.37. The fraction of sp³-hybridized carbons (Fsp3) is 0.571. The molecule has 2 N–H and O–H groups in total. The summed E-state index contributed by atoms with van der Waals surface area (Å²) in [6.07, 6.45) is -3.10. The average molecular weight is 195 g/mol. The van der Waals surface area contributed by atoms with Gasteiger partial charge >= 0.3 is 12.1 Å². The second kappa shape index (κ2) is 3.27. The number of rotatable bonds is 1. The van der Waals surface area contributed by atoms with Gasteiger partial charge in [-0.1, -0.05) is 6.08 Å². The van der Waals surface area contributed by atoms with Gasteiger partial charge in [-0.25, -0.2) is 4.79 Å². The molecule has 1 heterocycles. The van der Waals surface area contributed by atoms with Crippen LogP contribution < -0.4 is 5.32 Å². The molecule has 0 aromatic rings. The summed E-state index contributed by atoms with van der Waals surface area (Å²) in [7, 11) is 0. The Balaban J connectivity index is 2.68. The van der Waals surface area contributed by atoms with E-state index < -0.39 is 18.2 Å². The van der Waals surface area contributed by atoms with Crippen LogP contribution in [0.3, 0.4) is 0 Å². The molecule has 3 nitrogen and oxygen atoms in total. The molecule has 6 heteroatoms. The minimum absolute atomic E-state index is 0.111. The molecule has 0 saturated carbocycles. The zero-order chi connectivity index (χ0) is 10.1. The molecule has 1 aliphatic rings. The first-order valence-corrected chi connectivity index (χ1v) is 3.68. The van der Waals surface area contributed by atoms with E-state index in [1.54, 1.807) is 0 Å². The van der Waals surface area contributed by atoms with Crippen LogP contribution in [0, 0.1) is 0 Å². The van der Waals surface area contributed by atoms with E-state index in [9.17, 15) is 18.0 Å². The number of carboxylic acids is 1. The molecule has 0 bridgehead atoms. The number of carboxylic acid groups (broad SMARTS) is 1. The molecule has 0 spiro atoms. The van der Waals surface area contributed by atoms with Crippen LogP contribution in [0.1, 0.15) is 12.8 Å². The molecule has 0 aliphatic carbocycles. The summed E-state index contributed by atoms with van der Waals surface area (Å²) in [5.41, 5.74) is -0.367. The SMILES string of the molecule is O=C(O)C1=CCCC(C(F)(F)F)N1. The molecule has 1 aliphatic heterocycles. The van der Waals surface area contributed by atoms with Gasteiger partial charge in [0.05, 0.1) is 0 Å². The number of nitrogens with one attached hydrogen (secondary N) is 1. The Kier molecular flexibility index (Phi) is 2.49. The number of hydrogen-bond donors (Lipinski definition) is 2. The molecule has 74 valence electrons. The Bertz CT molecular complexity index is 247. The van der Waals surface area contributed by atoms with Crippen molar-refractivity contribution in [3.63, 3.8) is 0 Å². The minimum Gasteiger partial charge on any atom is -0.477 e. The van der Waals surface area contributed by atoms with E-state index in [0.29, 0.717) is 0 Å². The Labute approximate surface area is 72.2 Å². The first kappa shape index (κ1) is 9.88. The highest BCUT2D eigenvalue weighted by molar-refractivity contribution is 5.86. The van der Waals surface area contributed by atoms with Crippen molar-refractivity contribution in [1.29, 1.82) is 0 Å². The van der Waals surface area contributed by atoms with Gasteiger partial charge in [0, 0.05) is 0 Å². The van der Waals surface area contributed by atoms with Crippen molar-refractivity contribution in [2.24, 2.45) is 0 Å². The molecular formula is C7H8F3NO2. The van der Waals surface area contributed by atoms with E-state index in [-0.39, 0.29) is 18.5 Å². The van der Waals surface area contributed by atoms with Crippen LogP contribution in [0.15, 0.2) is 11.8 Å². The van der Waals surface area contributed by atoms with Gasteiger partial charge in [0.15, 0.2) is 0 Å². The first-order valence-electron chi connectivity index (χ1n) is 3.68. The van der Waals surface area contributed by atoms with Gasteiger partial charge in [0.1, 0.15) is 11.7 Å². The topological polar surface area (TPSA) is 49.3 Å². The maximum absolute atomic E-state index is 12.1. The highest BCUT2D eigenvalue weighted by Gasteiger charge is 2.41. The lowest BCUT2D eigenvalue weighted by Gasteiger charge is -2.25. The lowest BCUT2D eigenvalue weighted by Crippen LogP contribution is -2.44. The number of aliphatic carboxylic acids is 1. The second-order valence-electron chi connectivity index (χ2n) is 2.74. The fourth-order valence-electron chi connectivity index (χ4n) is 1.11. The lowest BCUT2D eigenvalue weighted by molar-refractivity contribution is -0.157. The summed E-state index contributed by atoms with van der Waals surface area (Å²) in [5.74, 6) is -1.35. The number of halogens is 3. The summed E-state index contributed by atoms with van der Waals surface area (Å²) in [6, 6.07) is -1.73. The summed E-state index contributed by atoms with van der Waals surface area (Å²) in [4.78, 5) is 10.3. The third-order valence-corrected chi connectivity index (χ3v) is 1.76. The normalized spacial score (nSPS) is 23.3. The maximum atomic E-state index is 12.1. The van der Waals surface area contributed by atoms with Crippen molar-refractivity contribution < 1.29 is 23.1 Å². The van der Waals surface area contributed by atoms with E-state index in [0.717, 1.165) is 0 Å². The van der Waals surface area contributed by atoms with Crippen molar-refractivity contribution in [2.45, 2.75) is 25.1 Å². The van der Waals surface area contributed by atoms with Gasteiger partial charge in [0.2, 0.25) is 0 Å². The minimum atomic E-state index is -4.38. The van der Waals surface area contributed by atoms with Crippen LogP contribution in [0.25, 0.3) is 0 Å². The quantitative estimate of drug-likeness (QED) is 0.662. The Morgan fingerprint density at radius 2 is 2.23 bits per heavy atom. The Morgan fingerprint density at radius 3 is 2.69 bits per heavy atom. The fourth-order valence-corrected chi connectivity index (χ4v) is 1.11. The molecule has 1 atom stereocenters. The van der Waals surface area contributed by atoms with Crippen LogP contribution in [-0.2, 0) is 4.79 Å². The van der Waals surface area contributed by atoms with E-state index in [1.165, 1.54) is 6.08 Å². The van der Waals surface area contributed by atoms with E-state index in [2.05, 4.69) is 0 Å². The first-order chi connectivity index (χ1) is 5.91.